The van der Waals surface area contributed by atoms with Crippen LogP contribution in [0.3, 0.4) is 0 Å². The normalized spacial score (nSPS) is 21.8. The van der Waals surface area contributed by atoms with Crippen molar-refractivity contribution in [1.82, 2.24) is 0 Å². The third kappa shape index (κ3) is 1.81. The Hall–Kier alpha value is -1.08. The molecule has 0 nitrogen and oxygen atoms in total. The maximum Gasteiger partial charge on any atom is 0.118 e. The van der Waals surface area contributed by atoms with Gasteiger partial charge in [0.1, 0.15) is 8.07 Å². The molecule has 0 atom stereocenters. The van der Waals surface area contributed by atoms with E-state index in [-0.39, 0.29) is 0 Å². The van der Waals surface area contributed by atoms with Crippen molar-refractivity contribution in [2.75, 3.05) is 0 Å². The molecule has 0 radical (unpaired) electrons. The second-order valence-electron chi connectivity index (χ2n) is 5.59. The molecule has 0 N–H and O–H groups in total. The van der Waals surface area contributed by atoms with Gasteiger partial charge < -0.3 is 0 Å². The van der Waals surface area contributed by atoms with E-state index in [1.807, 2.05) is 0 Å². The second-order valence-corrected chi connectivity index (χ2v) is 9.87. The van der Waals surface area contributed by atoms with Gasteiger partial charge >= 0.3 is 0 Å². The van der Waals surface area contributed by atoms with Gasteiger partial charge in [0.2, 0.25) is 0 Å². The van der Waals surface area contributed by atoms with Crippen molar-refractivity contribution in [3.8, 4) is 0 Å². The van der Waals surface area contributed by atoms with Crippen molar-refractivity contribution in [3.63, 3.8) is 0 Å². The van der Waals surface area contributed by atoms with Crippen LogP contribution in [-0.4, -0.2) is 8.07 Å². The van der Waals surface area contributed by atoms with E-state index in [4.69, 9.17) is 0 Å². The van der Waals surface area contributed by atoms with Crippen molar-refractivity contribution >= 4 is 13.3 Å². The lowest BCUT2D eigenvalue weighted by molar-refractivity contribution is 0.935. The molecule has 1 heteroatoms. The largest absolute Gasteiger partial charge is 0.118 e. The molecular formula is C17H22Si. The third-order valence-corrected chi connectivity index (χ3v) is 10.1. The fraction of sp³-hybridized carbons (Fsp3) is 0.412. The molecule has 1 heterocycles. The fourth-order valence-corrected chi connectivity index (χ4v) is 9.46. The highest BCUT2D eigenvalue weighted by Gasteiger charge is 2.42. The number of hydrogen-bond acceptors (Lipinski definition) is 0. The lowest BCUT2D eigenvalue weighted by Gasteiger charge is -2.31. The van der Waals surface area contributed by atoms with Gasteiger partial charge in [0.25, 0.3) is 0 Å². The van der Waals surface area contributed by atoms with E-state index in [9.17, 15) is 0 Å². The lowest BCUT2D eigenvalue weighted by Crippen LogP contribution is -2.47. The van der Waals surface area contributed by atoms with Gasteiger partial charge in [0.05, 0.1) is 0 Å². The molecule has 0 bridgehead atoms. The summed E-state index contributed by atoms with van der Waals surface area (Å²) in [5.74, 6) is 0. The Bertz CT molecular complexity index is 476. The molecule has 1 fully saturated rings. The predicted octanol–water partition coefficient (Wildman–Crippen LogP) is 4.34. The van der Waals surface area contributed by atoms with Crippen molar-refractivity contribution in [1.29, 1.82) is 0 Å². The van der Waals surface area contributed by atoms with Gasteiger partial charge in [-0.2, -0.15) is 0 Å². The van der Waals surface area contributed by atoms with Gasteiger partial charge in [-0.15, -0.1) is 0 Å². The van der Waals surface area contributed by atoms with E-state index in [1.54, 1.807) is 16.0 Å². The second kappa shape index (κ2) is 4.89. The highest BCUT2D eigenvalue weighted by molar-refractivity contribution is 6.98. The number of benzene rings is 1. The lowest BCUT2D eigenvalue weighted by atomic mass is 10.2. The summed E-state index contributed by atoms with van der Waals surface area (Å²) in [6, 6.07) is 14.3. The van der Waals surface area contributed by atoms with Crippen LogP contribution >= 0.6 is 0 Å². The van der Waals surface area contributed by atoms with Gasteiger partial charge in [-0.3, -0.25) is 0 Å². The smallest absolute Gasteiger partial charge is 0.0808 e. The van der Waals surface area contributed by atoms with Gasteiger partial charge in [0, 0.05) is 0 Å². The van der Waals surface area contributed by atoms with E-state index in [0.29, 0.717) is 0 Å². The van der Waals surface area contributed by atoms with Crippen LogP contribution in [0.4, 0.5) is 0 Å². The van der Waals surface area contributed by atoms with Crippen LogP contribution in [0.5, 0.6) is 0 Å². The quantitative estimate of drug-likeness (QED) is 0.704. The Morgan fingerprint density at radius 1 is 1.00 bits per heavy atom. The summed E-state index contributed by atoms with van der Waals surface area (Å²) in [5.41, 5.74) is 1.66. The SMILES string of the molecule is CCC1=CCC=C1[Si]1(c2ccccc2)CCCC1. The van der Waals surface area contributed by atoms with E-state index < -0.39 is 8.07 Å². The van der Waals surface area contributed by atoms with E-state index in [1.165, 1.54) is 37.8 Å². The average Bonchev–Trinajstić information content (AvgIpc) is 3.09. The minimum Gasteiger partial charge on any atom is -0.0808 e. The highest BCUT2D eigenvalue weighted by atomic mass is 28.3. The van der Waals surface area contributed by atoms with Crippen LogP contribution < -0.4 is 5.19 Å². The van der Waals surface area contributed by atoms with Crippen molar-refractivity contribution in [2.45, 2.75) is 44.7 Å². The Morgan fingerprint density at radius 3 is 2.39 bits per heavy atom. The van der Waals surface area contributed by atoms with E-state index in [2.05, 4.69) is 49.4 Å². The molecule has 18 heavy (non-hydrogen) atoms. The molecule has 0 aromatic heterocycles. The number of rotatable bonds is 3. The minimum atomic E-state index is -1.37. The highest BCUT2D eigenvalue weighted by Crippen LogP contribution is 2.41. The maximum absolute atomic E-state index is 2.55. The summed E-state index contributed by atoms with van der Waals surface area (Å²) in [7, 11) is -1.37. The first-order chi connectivity index (χ1) is 8.87. The molecule has 94 valence electrons. The molecular weight excluding hydrogens is 232 g/mol. The van der Waals surface area contributed by atoms with Crippen LogP contribution in [0.25, 0.3) is 0 Å². The monoisotopic (exact) mass is 254 g/mol. The zero-order chi connectivity index (χ0) is 12.4. The van der Waals surface area contributed by atoms with Crippen LogP contribution in [0.1, 0.15) is 32.6 Å². The molecule has 1 saturated heterocycles. The average molecular weight is 254 g/mol. The molecule has 3 rings (SSSR count). The van der Waals surface area contributed by atoms with Crippen LogP contribution in [0, 0.1) is 0 Å². The van der Waals surface area contributed by atoms with Crippen LogP contribution in [0.2, 0.25) is 12.1 Å². The molecule has 0 unspecified atom stereocenters. The molecule has 0 amide bonds. The van der Waals surface area contributed by atoms with Crippen LogP contribution in [0.15, 0.2) is 53.3 Å². The summed E-state index contributed by atoms with van der Waals surface area (Å²) in [4.78, 5) is 0. The molecule has 0 spiro atoms. The number of allylic oxidation sites excluding steroid dienone is 4. The Kier molecular flexibility index (Phi) is 3.25. The van der Waals surface area contributed by atoms with Gasteiger partial charge in [-0.25, -0.2) is 0 Å². The summed E-state index contributed by atoms with van der Waals surface area (Å²) >= 11 is 0. The standard InChI is InChI=1S/C17H22Si/c1-2-15-9-8-12-17(15)18(13-6-7-14-18)16-10-4-3-5-11-16/h3-5,9-12H,2,6-8,13-14H2,1H3. The Balaban J connectivity index is 2.06. The fourth-order valence-electron chi connectivity index (χ4n) is 3.85. The number of hydrogen-bond donors (Lipinski definition) is 0. The topological polar surface area (TPSA) is 0 Å². The molecule has 0 saturated carbocycles. The van der Waals surface area contributed by atoms with Crippen molar-refractivity contribution < 1.29 is 0 Å². The molecule has 1 aromatic carbocycles. The summed E-state index contributed by atoms with van der Waals surface area (Å²) in [6.45, 7) is 2.31. The first kappa shape index (κ1) is 12.0. The first-order valence-electron chi connectivity index (χ1n) is 7.32. The van der Waals surface area contributed by atoms with E-state index in [0.717, 1.165) is 0 Å². The Morgan fingerprint density at radius 2 is 1.72 bits per heavy atom. The minimum absolute atomic E-state index is 1.18. The summed E-state index contributed by atoms with van der Waals surface area (Å²) in [6.07, 6.45) is 10.3. The van der Waals surface area contributed by atoms with E-state index >= 15 is 0 Å². The van der Waals surface area contributed by atoms with Crippen LogP contribution in [-0.2, 0) is 0 Å². The van der Waals surface area contributed by atoms with Crippen molar-refractivity contribution in [3.05, 3.63) is 53.3 Å². The molecule has 1 aromatic rings. The van der Waals surface area contributed by atoms with Gasteiger partial charge in [-0.05, 0) is 24.9 Å². The maximum atomic E-state index is 2.55. The first-order valence-corrected chi connectivity index (χ1v) is 9.74. The third-order valence-electron chi connectivity index (χ3n) is 4.71. The summed E-state index contributed by atoms with van der Waals surface area (Å²) in [5, 5.41) is 3.46. The zero-order valence-electron chi connectivity index (χ0n) is 11.3. The zero-order valence-corrected chi connectivity index (χ0v) is 12.3. The summed E-state index contributed by atoms with van der Waals surface area (Å²) < 4.78 is 0. The van der Waals surface area contributed by atoms with Gasteiger partial charge in [0.15, 0.2) is 0 Å². The predicted molar refractivity (Wildman–Crippen MR) is 81.8 cm³/mol. The molecule has 2 aliphatic rings. The van der Waals surface area contributed by atoms with Gasteiger partial charge in [-0.1, -0.05) is 78.2 Å². The Labute approximate surface area is 111 Å². The van der Waals surface area contributed by atoms with Crippen molar-refractivity contribution in [2.24, 2.45) is 0 Å². The molecule has 1 aliphatic heterocycles. The molecule has 1 aliphatic carbocycles.